The van der Waals surface area contributed by atoms with E-state index in [0.717, 1.165) is 12.8 Å². The average molecular weight is 146 g/mol. The minimum Gasteiger partial charge on any atom is -0.0588 e. The van der Waals surface area contributed by atoms with Crippen LogP contribution >= 0.6 is 0 Å². The highest BCUT2D eigenvalue weighted by Crippen LogP contribution is 2.11. The molecule has 0 fully saturated rings. The SMILES string of the molecule is [CH2]Cc1ccc(C[CH2])c(C)c1. The molecule has 0 aliphatic heterocycles. The Balaban J connectivity index is 2.99. The fourth-order valence-corrected chi connectivity index (χ4v) is 1.19. The third-order valence-electron chi connectivity index (χ3n) is 1.97. The van der Waals surface area contributed by atoms with Crippen LogP contribution in [0.2, 0.25) is 0 Å². The molecule has 1 aromatic rings. The molecule has 1 rings (SSSR count). The van der Waals surface area contributed by atoms with Crippen molar-refractivity contribution >= 4 is 0 Å². The number of aryl methyl sites for hydroxylation is 1. The first-order chi connectivity index (χ1) is 5.27. The maximum Gasteiger partial charge on any atom is -0.0276 e. The summed E-state index contributed by atoms with van der Waals surface area (Å²) in [5.41, 5.74) is 3.98. The molecule has 0 N–H and O–H groups in total. The summed E-state index contributed by atoms with van der Waals surface area (Å²) in [5, 5.41) is 0. The van der Waals surface area contributed by atoms with Crippen LogP contribution in [0.15, 0.2) is 18.2 Å². The molecule has 0 unspecified atom stereocenters. The predicted molar refractivity (Wildman–Crippen MR) is 49.3 cm³/mol. The van der Waals surface area contributed by atoms with E-state index in [1.165, 1.54) is 16.7 Å². The fraction of sp³-hybridized carbons (Fsp3) is 0.273. The van der Waals surface area contributed by atoms with Crippen molar-refractivity contribution in [2.45, 2.75) is 19.8 Å². The summed E-state index contributed by atoms with van der Waals surface area (Å²) in [6.45, 7) is 9.82. The van der Waals surface area contributed by atoms with Crippen molar-refractivity contribution in [1.29, 1.82) is 0 Å². The first kappa shape index (κ1) is 8.32. The number of rotatable bonds is 2. The number of hydrogen-bond acceptors (Lipinski definition) is 0. The molecule has 0 aromatic heterocycles. The summed E-state index contributed by atoms with van der Waals surface area (Å²) in [7, 11) is 0. The van der Waals surface area contributed by atoms with Crippen molar-refractivity contribution in [3.05, 3.63) is 48.7 Å². The van der Waals surface area contributed by atoms with Crippen LogP contribution in [0.3, 0.4) is 0 Å². The Labute approximate surface area is 69.3 Å². The van der Waals surface area contributed by atoms with Gasteiger partial charge in [0.1, 0.15) is 0 Å². The van der Waals surface area contributed by atoms with Crippen LogP contribution in [0.5, 0.6) is 0 Å². The van der Waals surface area contributed by atoms with E-state index in [1.807, 2.05) is 0 Å². The summed E-state index contributed by atoms with van der Waals surface area (Å²) >= 11 is 0. The van der Waals surface area contributed by atoms with Gasteiger partial charge in [-0.2, -0.15) is 0 Å². The van der Waals surface area contributed by atoms with E-state index >= 15 is 0 Å². The molecule has 0 spiro atoms. The van der Waals surface area contributed by atoms with Crippen LogP contribution in [-0.2, 0) is 12.8 Å². The van der Waals surface area contributed by atoms with Gasteiger partial charge in [0.05, 0.1) is 0 Å². The van der Waals surface area contributed by atoms with E-state index in [0.29, 0.717) is 0 Å². The summed E-state index contributed by atoms with van der Waals surface area (Å²) in [5.74, 6) is 0. The molecule has 0 saturated carbocycles. The van der Waals surface area contributed by atoms with Crippen molar-refractivity contribution in [1.82, 2.24) is 0 Å². The quantitative estimate of drug-likeness (QED) is 0.602. The van der Waals surface area contributed by atoms with E-state index in [9.17, 15) is 0 Å². The molecule has 0 aliphatic carbocycles. The average Bonchev–Trinajstić information content (AvgIpc) is 2.04. The molecule has 0 heterocycles. The van der Waals surface area contributed by atoms with Gasteiger partial charge in [-0.25, -0.2) is 0 Å². The molecule has 2 radical (unpaired) electrons. The van der Waals surface area contributed by atoms with Crippen molar-refractivity contribution < 1.29 is 0 Å². The maximum atomic E-state index is 3.86. The van der Waals surface area contributed by atoms with Gasteiger partial charge in [-0.3, -0.25) is 0 Å². The minimum absolute atomic E-state index is 0.873. The highest BCUT2D eigenvalue weighted by atomic mass is 14.0. The summed E-state index contributed by atoms with van der Waals surface area (Å²) in [4.78, 5) is 0. The Kier molecular flexibility index (Phi) is 2.70. The van der Waals surface area contributed by atoms with Crippen LogP contribution in [0.4, 0.5) is 0 Å². The summed E-state index contributed by atoms with van der Waals surface area (Å²) in [6, 6.07) is 6.46. The third kappa shape index (κ3) is 1.83. The number of benzene rings is 1. The summed E-state index contributed by atoms with van der Waals surface area (Å²) in [6.07, 6.45) is 1.75. The standard InChI is InChI=1S/C11H14/c1-4-10-6-7-11(5-2)9(3)8-10/h6-8H,1-2,4-5H2,3H3. The normalized spacial score (nSPS) is 10.1. The fourth-order valence-electron chi connectivity index (χ4n) is 1.19. The monoisotopic (exact) mass is 146 g/mol. The van der Waals surface area contributed by atoms with E-state index in [2.05, 4.69) is 39.0 Å². The molecule has 0 aliphatic rings. The molecular weight excluding hydrogens is 132 g/mol. The highest BCUT2D eigenvalue weighted by molar-refractivity contribution is 5.31. The van der Waals surface area contributed by atoms with Gasteiger partial charge in [0, 0.05) is 0 Å². The van der Waals surface area contributed by atoms with Gasteiger partial charge in [-0.15, -0.1) is 0 Å². The Hall–Kier alpha value is -0.780. The first-order valence-corrected chi connectivity index (χ1v) is 3.95. The van der Waals surface area contributed by atoms with Crippen LogP contribution in [-0.4, -0.2) is 0 Å². The topological polar surface area (TPSA) is 0 Å². The van der Waals surface area contributed by atoms with Gasteiger partial charge in [-0.05, 0) is 50.3 Å². The Bertz CT molecular complexity index is 236. The van der Waals surface area contributed by atoms with Crippen molar-refractivity contribution in [2.75, 3.05) is 0 Å². The van der Waals surface area contributed by atoms with Crippen LogP contribution in [0.1, 0.15) is 16.7 Å². The van der Waals surface area contributed by atoms with Gasteiger partial charge in [0.2, 0.25) is 0 Å². The number of hydrogen-bond donors (Lipinski definition) is 0. The lowest BCUT2D eigenvalue weighted by atomic mass is 10.0. The molecule has 0 amide bonds. The second-order valence-electron chi connectivity index (χ2n) is 2.76. The van der Waals surface area contributed by atoms with Gasteiger partial charge >= 0.3 is 0 Å². The molecule has 11 heavy (non-hydrogen) atoms. The zero-order valence-electron chi connectivity index (χ0n) is 7.06. The van der Waals surface area contributed by atoms with E-state index in [-0.39, 0.29) is 0 Å². The largest absolute Gasteiger partial charge is 0.0588 e. The van der Waals surface area contributed by atoms with Crippen molar-refractivity contribution in [2.24, 2.45) is 0 Å². The minimum atomic E-state index is 0.873. The maximum absolute atomic E-state index is 3.86. The van der Waals surface area contributed by atoms with E-state index in [4.69, 9.17) is 0 Å². The molecule has 1 aromatic carbocycles. The van der Waals surface area contributed by atoms with Gasteiger partial charge in [0.15, 0.2) is 0 Å². The Morgan fingerprint density at radius 2 is 1.91 bits per heavy atom. The second-order valence-corrected chi connectivity index (χ2v) is 2.76. The van der Waals surface area contributed by atoms with E-state index < -0.39 is 0 Å². The zero-order chi connectivity index (χ0) is 8.27. The first-order valence-electron chi connectivity index (χ1n) is 3.95. The molecule has 58 valence electrons. The smallest absolute Gasteiger partial charge is 0.0276 e. The molecular formula is C11H14. The molecule has 0 nitrogen and oxygen atoms in total. The molecule has 0 saturated heterocycles. The highest BCUT2D eigenvalue weighted by Gasteiger charge is 1.95. The second kappa shape index (κ2) is 3.56. The van der Waals surface area contributed by atoms with E-state index in [1.54, 1.807) is 0 Å². The molecule has 0 bridgehead atoms. The van der Waals surface area contributed by atoms with Crippen molar-refractivity contribution in [3.63, 3.8) is 0 Å². The van der Waals surface area contributed by atoms with Crippen LogP contribution in [0.25, 0.3) is 0 Å². The lowest BCUT2D eigenvalue weighted by Crippen LogP contribution is -1.88. The van der Waals surface area contributed by atoms with Gasteiger partial charge < -0.3 is 0 Å². The Morgan fingerprint density at radius 3 is 2.36 bits per heavy atom. The van der Waals surface area contributed by atoms with Gasteiger partial charge in [-0.1, -0.05) is 18.2 Å². The summed E-state index contributed by atoms with van der Waals surface area (Å²) < 4.78 is 0. The van der Waals surface area contributed by atoms with Gasteiger partial charge in [0.25, 0.3) is 0 Å². The molecule has 0 atom stereocenters. The lowest BCUT2D eigenvalue weighted by Gasteiger charge is -2.04. The zero-order valence-corrected chi connectivity index (χ0v) is 7.06. The molecule has 0 heteroatoms. The Morgan fingerprint density at radius 1 is 1.18 bits per heavy atom. The predicted octanol–water partition coefficient (Wildman–Crippen LogP) is 2.75. The van der Waals surface area contributed by atoms with Crippen molar-refractivity contribution in [3.8, 4) is 0 Å². The van der Waals surface area contributed by atoms with Crippen LogP contribution in [0, 0.1) is 20.8 Å². The van der Waals surface area contributed by atoms with Crippen LogP contribution < -0.4 is 0 Å². The lowest BCUT2D eigenvalue weighted by molar-refractivity contribution is 1.17. The third-order valence-corrected chi connectivity index (χ3v) is 1.97.